The molecule has 0 aliphatic heterocycles. The summed E-state index contributed by atoms with van der Waals surface area (Å²) in [5.74, 6) is 2.76. The first-order valence-corrected chi connectivity index (χ1v) is 7.45. The van der Waals surface area contributed by atoms with Crippen LogP contribution in [0, 0.1) is 23.7 Å². The molecule has 25 heavy (non-hydrogen) atoms. The molecule has 3 aromatic rings. The van der Waals surface area contributed by atoms with E-state index in [1.807, 2.05) is 28.8 Å². The highest BCUT2D eigenvalue weighted by Crippen LogP contribution is 2.26. The highest BCUT2D eigenvalue weighted by atomic mass is 35.5. The van der Waals surface area contributed by atoms with E-state index in [1.54, 1.807) is 36.8 Å². The van der Waals surface area contributed by atoms with Crippen LogP contribution >= 0.6 is 12.4 Å². The lowest BCUT2D eigenvalue weighted by molar-refractivity contribution is 0.475. The monoisotopic (exact) mass is 349 g/mol. The number of phenolic OH excluding ortho intramolecular Hbond substituents is 1. The van der Waals surface area contributed by atoms with Crippen molar-refractivity contribution in [3.8, 4) is 24.2 Å². The summed E-state index contributed by atoms with van der Waals surface area (Å²) in [7, 11) is 0. The third kappa shape index (κ3) is 4.01. The number of aromatic nitrogens is 2. The number of halogens is 1. The summed E-state index contributed by atoms with van der Waals surface area (Å²) in [4.78, 5) is 4.23. The van der Waals surface area contributed by atoms with Gasteiger partial charge in [0, 0.05) is 12.7 Å². The van der Waals surface area contributed by atoms with E-state index in [9.17, 15) is 5.11 Å². The Balaban J connectivity index is 0.00000225. The van der Waals surface area contributed by atoms with Gasteiger partial charge in [-0.2, -0.15) is 5.26 Å². The summed E-state index contributed by atoms with van der Waals surface area (Å²) in [5, 5.41) is 18.3. The normalized spacial score (nSPS) is 11.0. The number of benzene rings is 2. The number of hydrogen-bond acceptors (Lipinski definition) is 3. The van der Waals surface area contributed by atoms with Gasteiger partial charge in [-0.15, -0.1) is 18.8 Å². The lowest BCUT2D eigenvalue weighted by atomic mass is 9.96. The van der Waals surface area contributed by atoms with Gasteiger partial charge in [0.1, 0.15) is 5.75 Å². The Bertz CT molecular complexity index is 915. The van der Waals surface area contributed by atoms with E-state index in [1.165, 1.54) is 0 Å². The molecule has 0 aliphatic carbocycles. The van der Waals surface area contributed by atoms with Gasteiger partial charge >= 0.3 is 0 Å². The molecule has 4 nitrogen and oxygen atoms in total. The maximum Gasteiger partial charge on any atom is 0.115 e. The molecule has 0 aliphatic rings. The molecule has 124 valence electrons. The minimum absolute atomic E-state index is 0. The lowest BCUT2D eigenvalue weighted by Crippen LogP contribution is -2.08. The average molecular weight is 350 g/mol. The fourth-order valence-corrected chi connectivity index (χ4v) is 2.60. The first kappa shape index (κ1) is 18.1. The van der Waals surface area contributed by atoms with Gasteiger partial charge in [0.05, 0.1) is 29.6 Å². The molecule has 0 saturated carbocycles. The number of nitriles is 1. The highest BCUT2D eigenvalue weighted by molar-refractivity contribution is 5.85. The van der Waals surface area contributed by atoms with Gasteiger partial charge in [-0.05, 0) is 35.4 Å². The Hall–Kier alpha value is -3.21. The van der Waals surface area contributed by atoms with Crippen molar-refractivity contribution in [3.05, 3.63) is 83.4 Å². The van der Waals surface area contributed by atoms with Gasteiger partial charge < -0.3 is 9.67 Å². The Morgan fingerprint density at radius 1 is 1.12 bits per heavy atom. The van der Waals surface area contributed by atoms with Crippen molar-refractivity contribution in [2.75, 3.05) is 0 Å². The maximum absolute atomic E-state index is 9.44. The fraction of sp³-hybridized carbons (Fsp3) is 0.100. The predicted octanol–water partition coefficient (Wildman–Crippen LogP) is 3.70. The average Bonchev–Trinajstić information content (AvgIpc) is 3.06. The van der Waals surface area contributed by atoms with Crippen molar-refractivity contribution in [1.82, 2.24) is 9.55 Å². The van der Waals surface area contributed by atoms with E-state index < -0.39 is 0 Å². The standard InChI is InChI=1S/C20H15N3O.ClH/c1-2-19(17-7-9-18(24)10-8-17)20-12-22-14-23(20)13-16-5-3-15(11-21)4-6-16;/h1,3-10,12,14,19,24H,13H2;1H. The summed E-state index contributed by atoms with van der Waals surface area (Å²) in [5.41, 5.74) is 3.54. The second kappa shape index (κ2) is 8.06. The van der Waals surface area contributed by atoms with Crippen LogP contribution in [0.3, 0.4) is 0 Å². The van der Waals surface area contributed by atoms with Crippen LogP contribution in [0.5, 0.6) is 5.75 Å². The van der Waals surface area contributed by atoms with E-state index in [0.717, 1.165) is 16.8 Å². The molecule has 0 fully saturated rings. The van der Waals surface area contributed by atoms with E-state index in [-0.39, 0.29) is 24.1 Å². The molecule has 0 radical (unpaired) electrons. The van der Waals surface area contributed by atoms with Gasteiger partial charge in [-0.1, -0.05) is 30.2 Å². The maximum atomic E-state index is 9.44. The van der Waals surface area contributed by atoms with Crippen LogP contribution in [0.25, 0.3) is 0 Å². The second-order valence-corrected chi connectivity index (χ2v) is 5.45. The zero-order valence-corrected chi connectivity index (χ0v) is 14.1. The number of nitrogens with zero attached hydrogens (tertiary/aromatic N) is 3. The molecule has 1 unspecified atom stereocenters. The SMILES string of the molecule is C#CC(c1ccc(O)cc1)c1cncn1Cc1ccc(C#N)cc1.Cl. The van der Waals surface area contributed by atoms with Crippen LogP contribution in [-0.4, -0.2) is 14.7 Å². The van der Waals surface area contributed by atoms with E-state index in [4.69, 9.17) is 11.7 Å². The number of imidazole rings is 1. The van der Waals surface area contributed by atoms with Crippen molar-refractivity contribution >= 4 is 12.4 Å². The van der Waals surface area contributed by atoms with Gasteiger partial charge in [0.2, 0.25) is 0 Å². The Kier molecular flexibility index (Phi) is 5.84. The zero-order valence-electron chi connectivity index (χ0n) is 13.3. The van der Waals surface area contributed by atoms with Crippen molar-refractivity contribution in [2.24, 2.45) is 0 Å². The fourth-order valence-electron chi connectivity index (χ4n) is 2.60. The van der Waals surface area contributed by atoms with E-state index in [2.05, 4.69) is 17.0 Å². The molecule has 2 aromatic carbocycles. The van der Waals surface area contributed by atoms with Crippen LogP contribution in [0.1, 0.15) is 28.3 Å². The van der Waals surface area contributed by atoms with Crippen LogP contribution in [0.2, 0.25) is 0 Å². The summed E-state index contributed by atoms with van der Waals surface area (Å²) in [6.45, 7) is 0.622. The van der Waals surface area contributed by atoms with Crippen molar-refractivity contribution in [2.45, 2.75) is 12.5 Å². The summed E-state index contributed by atoms with van der Waals surface area (Å²) in [6, 6.07) is 16.4. The molecule has 1 aromatic heterocycles. The Morgan fingerprint density at radius 3 is 2.40 bits per heavy atom. The zero-order chi connectivity index (χ0) is 16.9. The molecule has 5 heteroatoms. The number of rotatable bonds is 4. The predicted molar refractivity (Wildman–Crippen MR) is 98.5 cm³/mol. The number of hydrogen-bond donors (Lipinski definition) is 1. The van der Waals surface area contributed by atoms with Crippen LogP contribution in [0.15, 0.2) is 61.1 Å². The molecule has 0 saturated heterocycles. The van der Waals surface area contributed by atoms with Crippen molar-refractivity contribution in [1.29, 1.82) is 5.26 Å². The second-order valence-electron chi connectivity index (χ2n) is 5.45. The minimum Gasteiger partial charge on any atom is -0.508 e. The third-order valence-corrected chi connectivity index (χ3v) is 3.87. The molecule has 1 heterocycles. The van der Waals surface area contributed by atoms with Crippen LogP contribution < -0.4 is 0 Å². The molecule has 1 atom stereocenters. The smallest absolute Gasteiger partial charge is 0.115 e. The number of phenols is 1. The molecule has 0 bridgehead atoms. The molecule has 0 amide bonds. The molecular weight excluding hydrogens is 334 g/mol. The highest BCUT2D eigenvalue weighted by Gasteiger charge is 2.16. The topological polar surface area (TPSA) is 61.8 Å². The molecular formula is C20H16ClN3O. The Labute approximate surface area is 152 Å². The van der Waals surface area contributed by atoms with Gasteiger partial charge in [-0.3, -0.25) is 0 Å². The summed E-state index contributed by atoms with van der Waals surface area (Å²) >= 11 is 0. The lowest BCUT2D eigenvalue weighted by Gasteiger charge is -2.15. The van der Waals surface area contributed by atoms with Crippen molar-refractivity contribution in [3.63, 3.8) is 0 Å². The molecule has 1 N–H and O–H groups in total. The van der Waals surface area contributed by atoms with E-state index in [0.29, 0.717) is 12.1 Å². The first-order chi connectivity index (χ1) is 11.7. The van der Waals surface area contributed by atoms with Crippen LogP contribution in [0.4, 0.5) is 0 Å². The van der Waals surface area contributed by atoms with Gasteiger partial charge in [-0.25, -0.2) is 4.98 Å². The summed E-state index contributed by atoms with van der Waals surface area (Å²) in [6.07, 6.45) is 9.26. The van der Waals surface area contributed by atoms with E-state index >= 15 is 0 Å². The quantitative estimate of drug-likeness (QED) is 0.730. The number of terminal acetylenes is 1. The van der Waals surface area contributed by atoms with Crippen molar-refractivity contribution < 1.29 is 5.11 Å². The third-order valence-electron chi connectivity index (χ3n) is 3.87. The number of aromatic hydroxyl groups is 1. The Morgan fingerprint density at radius 2 is 1.80 bits per heavy atom. The molecule has 3 rings (SSSR count). The minimum atomic E-state index is -0.244. The van der Waals surface area contributed by atoms with Crippen LogP contribution in [-0.2, 0) is 6.54 Å². The van der Waals surface area contributed by atoms with Gasteiger partial charge in [0.15, 0.2) is 0 Å². The first-order valence-electron chi connectivity index (χ1n) is 7.45. The summed E-state index contributed by atoms with van der Waals surface area (Å²) < 4.78 is 2.00. The van der Waals surface area contributed by atoms with Gasteiger partial charge in [0.25, 0.3) is 0 Å². The largest absolute Gasteiger partial charge is 0.508 e. The molecule has 0 spiro atoms.